The summed E-state index contributed by atoms with van der Waals surface area (Å²) in [6.07, 6.45) is 3.24. The van der Waals surface area contributed by atoms with Gasteiger partial charge in [0.25, 0.3) is 0 Å². The van der Waals surface area contributed by atoms with Crippen molar-refractivity contribution in [3.05, 3.63) is 30.2 Å². The number of esters is 1. The third-order valence-corrected chi connectivity index (χ3v) is 2.90. The summed E-state index contributed by atoms with van der Waals surface area (Å²) >= 11 is 0. The summed E-state index contributed by atoms with van der Waals surface area (Å²) in [7, 11) is 2.93. The number of pyridine rings is 1. The Morgan fingerprint density at radius 1 is 1.35 bits per heavy atom. The molecule has 2 aromatic rings. The number of methoxy groups -OCH3 is 2. The van der Waals surface area contributed by atoms with Gasteiger partial charge in [0.05, 0.1) is 19.8 Å². The number of rotatable bonds is 5. The first kappa shape index (κ1) is 14.1. The predicted octanol–water partition coefficient (Wildman–Crippen LogP) is 1.16. The first-order valence-electron chi connectivity index (χ1n) is 6.12. The minimum atomic E-state index is -0.520. The highest BCUT2D eigenvalue weighted by Gasteiger charge is 2.22. The third kappa shape index (κ3) is 2.83. The molecule has 0 spiro atoms. The van der Waals surface area contributed by atoms with Crippen molar-refractivity contribution in [2.45, 2.75) is 19.6 Å². The van der Waals surface area contributed by atoms with Crippen LogP contribution in [0.4, 0.5) is 0 Å². The number of nitrogens with zero attached hydrogens (tertiary/aromatic N) is 4. The van der Waals surface area contributed by atoms with Gasteiger partial charge >= 0.3 is 5.97 Å². The minimum absolute atomic E-state index is 0.0530. The Labute approximate surface area is 116 Å². The average Bonchev–Trinajstić information content (AvgIpc) is 2.90. The maximum Gasteiger partial charge on any atom is 0.360 e. The standard InChI is InChI=1S/C13H16N4O3/c1-9(19-2)8-17-12(10-4-6-14-7-5-10)11(15-16-17)13(18)20-3/h4-7,9H,8H2,1-3H3. The second kappa shape index (κ2) is 6.25. The van der Waals surface area contributed by atoms with E-state index in [0.29, 0.717) is 12.2 Å². The summed E-state index contributed by atoms with van der Waals surface area (Å²) in [5, 5.41) is 7.93. The van der Waals surface area contributed by atoms with Crippen LogP contribution < -0.4 is 0 Å². The topological polar surface area (TPSA) is 79.1 Å². The van der Waals surface area contributed by atoms with E-state index in [2.05, 4.69) is 15.3 Å². The van der Waals surface area contributed by atoms with Gasteiger partial charge < -0.3 is 9.47 Å². The predicted molar refractivity (Wildman–Crippen MR) is 71.1 cm³/mol. The molecule has 2 heterocycles. The van der Waals surface area contributed by atoms with E-state index in [0.717, 1.165) is 5.56 Å². The molecule has 0 saturated carbocycles. The largest absolute Gasteiger partial charge is 0.464 e. The first-order valence-corrected chi connectivity index (χ1v) is 6.12. The molecule has 7 nitrogen and oxygen atoms in total. The monoisotopic (exact) mass is 276 g/mol. The highest BCUT2D eigenvalue weighted by atomic mass is 16.5. The third-order valence-electron chi connectivity index (χ3n) is 2.90. The normalized spacial score (nSPS) is 12.2. The summed E-state index contributed by atoms with van der Waals surface area (Å²) in [5.41, 5.74) is 1.58. The lowest BCUT2D eigenvalue weighted by atomic mass is 10.1. The van der Waals surface area contributed by atoms with Crippen LogP contribution in [0.5, 0.6) is 0 Å². The summed E-state index contributed by atoms with van der Waals surface area (Å²) in [6.45, 7) is 2.40. The molecule has 0 aliphatic heterocycles. The summed E-state index contributed by atoms with van der Waals surface area (Å²) in [5.74, 6) is -0.520. The lowest BCUT2D eigenvalue weighted by molar-refractivity contribution is 0.0594. The zero-order valence-electron chi connectivity index (χ0n) is 11.6. The Hall–Kier alpha value is -2.28. The number of carbonyl (C=O) groups is 1. The molecule has 2 aromatic heterocycles. The highest BCUT2D eigenvalue weighted by molar-refractivity contribution is 5.93. The molecule has 7 heteroatoms. The lowest BCUT2D eigenvalue weighted by Crippen LogP contribution is -2.17. The van der Waals surface area contributed by atoms with Crippen molar-refractivity contribution in [3.8, 4) is 11.3 Å². The van der Waals surface area contributed by atoms with Crippen LogP contribution in [0.1, 0.15) is 17.4 Å². The maximum absolute atomic E-state index is 11.8. The summed E-state index contributed by atoms with van der Waals surface area (Å²) < 4.78 is 11.6. The van der Waals surface area contributed by atoms with Crippen molar-refractivity contribution in [1.29, 1.82) is 0 Å². The van der Waals surface area contributed by atoms with Crippen LogP contribution >= 0.6 is 0 Å². The number of hydrogen-bond acceptors (Lipinski definition) is 6. The summed E-state index contributed by atoms with van der Waals surface area (Å²) in [6, 6.07) is 3.58. The fourth-order valence-corrected chi connectivity index (χ4v) is 1.79. The Kier molecular flexibility index (Phi) is 4.41. The van der Waals surface area contributed by atoms with E-state index in [1.165, 1.54) is 7.11 Å². The fraction of sp³-hybridized carbons (Fsp3) is 0.385. The number of carbonyl (C=O) groups excluding carboxylic acids is 1. The van der Waals surface area contributed by atoms with Gasteiger partial charge in [-0.05, 0) is 19.1 Å². The SMILES string of the molecule is COC(=O)c1nnn(CC(C)OC)c1-c1ccncc1. The van der Waals surface area contributed by atoms with Gasteiger partial charge in [0.1, 0.15) is 5.69 Å². The van der Waals surface area contributed by atoms with Gasteiger partial charge in [-0.15, -0.1) is 5.10 Å². The van der Waals surface area contributed by atoms with E-state index in [4.69, 9.17) is 9.47 Å². The van der Waals surface area contributed by atoms with Crippen molar-refractivity contribution in [2.24, 2.45) is 0 Å². The van der Waals surface area contributed by atoms with Crippen molar-refractivity contribution >= 4 is 5.97 Å². The molecular weight excluding hydrogens is 260 g/mol. The lowest BCUT2D eigenvalue weighted by Gasteiger charge is -2.12. The number of ether oxygens (including phenoxy) is 2. The molecule has 0 radical (unpaired) electrons. The van der Waals surface area contributed by atoms with E-state index < -0.39 is 5.97 Å². The molecule has 0 N–H and O–H groups in total. The quantitative estimate of drug-likeness (QED) is 0.762. The van der Waals surface area contributed by atoms with E-state index >= 15 is 0 Å². The van der Waals surface area contributed by atoms with Gasteiger partial charge in [0.2, 0.25) is 0 Å². The minimum Gasteiger partial charge on any atom is -0.464 e. The highest BCUT2D eigenvalue weighted by Crippen LogP contribution is 2.22. The zero-order valence-corrected chi connectivity index (χ0v) is 11.6. The van der Waals surface area contributed by atoms with Crippen molar-refractivity contribution < 1.29 is 14.3 Å². The van der Waals surface area contributed by atoms with Crippen molar-refractivity contribution in [3.63, 3.8) is 0 Å². The van der Waals surface area contributed by atoms with Crippen LogP contribution in [-0.4, -0.2) is 46.3 Å². The van der Waals surface area contributed by atoms with Gasteiger partial charge in [0, 0.05) is 25.1 Å². The molecule has 0 aromatic carbocycles. The molecule has 2 rings (SSSR count). The van der Waals surface area contributed by atoms with E-state index in [9.17, 15) is 4.79 Å². The first-order chi connectivity index (χ1) is 9.67. The number of hydrogen-bond donors (Lipinski definition) is 0. The smallest absolute Gasteiger partial charge is 0.360 e. The van der Waals surface area contributed by atoms with Crippen molar-refractivity contribution in [2.75, 3.05) is 14.2 Å². The van der Waals surface area contributed by atoms with Crippen LogP contribution in [0.3, 0.4) is 0 Å². The van der Waals surface area contributed by atoms with E-state index in [1.807, 2.05) is 6.92 Å². The molecule has 106 valence electrons. The molecule has 0 saturated heterocycles. The van der Waals surface area contributed by atoms with Crippen LogP contribution in [-0.2, 0) is 16.0 Å². The second-order valence-corrected chi connectivity index (χ2v) is 4.24. The molecule has 0 amide bonds. The Morgan fingerprint density at radius 2 is 2.05 bits per heavy atom. The molecule has 0 aliphatic carbocycles. The molecule has 1 atom stereocenters. The van der Waals surface area contributed by atoms with Gasteiger partial charge in [-0.25, -0.2) is 9.48 Å². The van der Waals surface area contributed by atoms with Crippen LogP contribution in [0.25, 0.3) is 11.3 Å². The van der Waals surface area contributed by atoms with E-state index in [-0.39, 0.29) is 11.8 Å². The van der Waals surface area contributed by atoms with Crippen LogP contribution in [0, 0.1) is 0 Å². The molecule has 0 aliphatic rings. The van der Waals surface area contributed by atoms with Gasteiger partial charge in [-0.1, -0.05) is 5.21 Å². The molecule has 20 heavy (non-hydrogen) atoms. The molecule has 0 bridgehead atoms. The maximum atomic E-state index is 11.8. The zero-order chi connectivity index (χ0) is 14.5. The van der Waals surface area contributed by atoms with Crippen molar-refractivity contribution in [1.82, 2.24) is 20.0 Å². The Balaban J connectivity index is 2.48. The molecule has 0 fully saturated rings. The van der Waals surface area contributed by atoms with E-state index in [1.54, 1.807) is 36.3 Å². The van der Waals surface area contributed by atoms with Gasteiger partial charge in [0.15, 0.2) is 5.69 Å². The molecule has 1 unspecified atom stereocenters. The average molecular weight is 276 g/mol. The van der Waals surface area contributed by atoms with Gasteiger partial charge in [-0.2, -0.15) is 0 Å². The Morgan fingerprint density at radius 3 is 2.65 bits per heavy atom. The molecular formula is C13H16N4O3. The Bertz CT molecular complexity index is 583. The van der Waals surface area contributed by atoms with Gasteiger partial charge in [-0.3, -0.25) is 4.98 Å². The second-order valence-electron chi connectivity index (χ2n) is 4.24. The van der Waals surface area contributed by atoms with Crippen LogP contribution in [0.2, 0.25) is 0 Å². The summed E-state index contributed by atoms with van der Waals surface area (Å²) in [4.78, 5) is 15.8. The number of aromatic nitrogens is 4. The van der Waals surface area contributed by atoms with Crippen LogP contribution in [0.15, 0.2) is 24.5 Å². The fourth-order valence-electron chi connectivity index (χ4n) is 1.79.